The van der Waals surface area contributed by atoms with E-state index in [2.05, 4.69) is 10.3 Å². The first-order valence-corrected chi connectivity index (χ1v) is 6.87. The maximum atomic E-state index is 11.9. The summed E-state index contributed by atoms with van der Waals surface area (Å²) < 4.78 is 0. The van der Waals surface area contributed by atoms with E-state index in [9.17, 15) is 9.59 Å². The van der Waals surface area contributed by atoms with Gasteiger partial charge in [-0.1, -0.05) is 0 Å². The Hall–Kier alpha value is -1.76. The number of nitrogens with two attached hydrogens (primary N) is 1. The molecule has 7 heteroatoms. The number of carbonyl (C=O) groups excluding carboxylic acids is 2. The van der Waals surface area contributed by atoms with Crippen molar-refractivity contribution >= 4 is 29.5 Å². The van der Waals surface area contributed by atoms with Crippen LogP contribution in [0.25, 0.3) is 0 Å². The fourth-order valence-electron chi connectivity index (χ4n) is 1.75. The predicted octanol–water partition coefficient (Wildman–Crippen LogP) is 1.09. The highest BCUT2D eigenvalue weighted by atomic mass is 32.2. The first-order chi connectivity index (χ1) is 8.90. The van der Waals surface area contributed by atoms with Gasteiger partial charge in [-0.15, -0.1) is 11.8 Å². The van der Waals surface area contributed by atoms with Crippen LogP contribution in [-0.4, -0.2) is 39.7 Å². The highest BCUT2D eigenvalue weighted by Gasteiger charge is 2.43. The fourth-order valence-corrected chi connectivity index (χ4v) is 2.55. The van der Waals surface area contributed by atoms with E-state index in [1.807, 2.05) is 6.07 Å². The smallest absolute Gasteiger partial charge is 0.325 e. The number of pyridine rings is 1. The lowest BCUT2D eigenvalue weighted by Gasteiger charge is -2.15. The van der Waals surface area contributed by atoms with Gasteiger partial charge in [0.1, 0.15) is 11.4 Å². The van der Waals surface area contributed by atoms with Crippen LogP contribution in [0.4, 0.5) is 10.6 Å². The van der Waals surface area contributed by atoms with E-state index in [-0.39, 0.29) is 11.9 Å². The van der Waals surface area contributed by atoms with Gasteiger partial charge < -0.3 is 11.1 Å². The minimum absolute atomic E-state index is 0.187. The van der Waals surface area contributed by atoms with Crippen molar-refractivity contribution in [3.8, 4) is 0 Å². The highest BCUT2D eigenvalue weighted by Crippen LogP contribution is 2.20. The first-order valence-electron chi connectivity index (χ1n) is 5.88. The van der Waals surface area contributed by atoms with Gasteiger partial charge >= 0.3 is 6.03 Å². The Morgan fingerprint density at radius 3 is 2.68 bits per heavy atom. The van der Waals surface area contributed by atoms with Crippen molar-refractivity contribution in [3.63, 3.8) is 0 Å². The van der Waals surface area contributed by atoms with Crippen LogP contribution >= 0.6 is 11.8 Å². The van der Waals surface area contributed by atoms with Crippen LogP contribution in [0.3, 0.4) is 0 Å². The molecule has 3 amide bonds. The van der Waals surface area contributed by atoms with Gasteiger partial charge in [0.15, 0.2) is 0 Å². The Labute approximate surface area is 115 Å². The van der Waals surface area contributed by atoms with Crippen LogP contribution in [-0.2, 0) is 4.79 Å². The number of imide groups is 1. The molecule has 102 valence electrons. The summed E-state index contributed by atoms with van der Waals surface area (Å²) in [6, 6.07) is 3.26. The molecular formula is C12H16N4O2S. The summed E-state index contributed by atoms with van der Waals surface area (Å²) in [5, 5.41) is 2.65. The standard InChI is InChI=1S/C12H16N4O2S/c1-12(2)10(17)16(11(18)15-12)5-6-19-8-3-4-9(13)14-7-8/h3-4,7H,5-6H2,1-2H3,(H2,13,14)(H,15,18). The Morgan fingerprint density at radius 1 is 1.42 bits per heavy atom. The predicted molar refractivity (Wildman–Crippen MR) is 73.7 cm³/mol. The third kappa shape index (κ3) is 2.98. The second-order valence-corrected chi connectivity index (χ2v) is 5.95. The molecule has 1 aromatic heterocycles. The molecule has 3 N–H and O–H groups in total. The Kier molecular flexibility index (Phi) is 3.66. The topological polar surface area (TPSA) is 88.3 Å². The van der Waals surface area contributed by atoms with Crippen LogP contribution < -0.4 is 11.1 Å². The first kappa shape index (κ1) is 13.7. The molecule has 1 fully saturated rings. The third-order valence-corrected chi connectivity index (χ3v) is 3.75. The number of thioether (sulfide) groups is 1. The molecule has 0 unspecified atom stereocenters. The van der Waals surface area contributed by atoms with E-state index in [1.54, 1.807) is 26.1 Å². The second-order valence-electron chi connectivity index (χ2n) is 4.78. The van der Waals surface area contributed by atoms with Crippen molar-refractivity contribution in [3.05, 3.63) is 18.3 Å². The number of nitrogens with zero attached hydrogens (tertiary/aromatic N) is 2. The Bertz CT molecular complexity index is 501. The number of urea groups is 1. The van der Waals surface area contributed by atoms with Gasteiger partial charge in [-0.2, -0.15) is 0 Å². The van der Waals surface area contributed by atoms with E-state index in [0.717, 1.165) is 4.90 Å². The molecule has 1 aliphatic rings. The summed E-state index contributed by atoms with van der Waals surface area (Å²) >= 11 is 1.53. The summed E-state index contributed by atoms with van der Waals surface area (Å²) in [7, 11) is 0. The van der Waals surface area contributed by atoms with E-state index < -0.39 is 5.54 Å². The number of nitrogen functional groups attached to an aromatic ring is 1. The molecule has 1 aliphatic heterocycles. The number of anilines is 1. The molecule has 0 radical (unpaired) electrons. The molecule has 0 atom stereocenters. The van der Waals surface area contributed by atoms with Crippen LogP contribution in [0.15, 0.2) is 23.2 Å². The molecule has 6 nitrogen and oxygen atoms in total. The summed E-state index contributed by atoms with van der Waals surface area (Å²) in [6.07, 6.45) is 1.68. The Morgan fingerprint density at radius 2 is 2.16 bits per heavy atom. The molecule has 19 heavy (non-hydrogen) atoms. The number of amides is 3. The van der Waals surface area contributed by atoms with E-state index in [1.165, 1.54) is 16.7 Å². The molecule has 2 heterocycles. The zero-order valence-electron chi connectivity index (χ0n) is 10.8. The van der Waals surface area contributed by atoms with Crippen molar-refractivity contribution in [2.45, 2.75) is 24.3 Å². The van der Waals surface area contributed by atoms with E-state index in [0.29, 0.717) is 18.1 Å². The molecule has 1 saturated heterocycles. The largest absolute Gasteiger partial charge is 0.384 e. The van der Waals surface area contributed by atoms with Crippen molar-refractivity contribution < 1.29 is 9.59 Å². The van der Waals surface area contributed by atoms with Crippen LogP contribution in [0, 0.1) is 0 Å². The van der Waals surface area contributed by atoms with Gasteiger partial charge in [0, 0.05) is 23.4 Å². The number of rotatable bonds is 4. The summed E-state index contributed by atoms with van der Waals surface area (Å²) in [5.41, 5.74) is 4.69. The van der Waals surface area contributed by atoms with Gasteiger partial charge in [0.05, 0.1) is 0 Å². The van der Waals surface area contributed by atoms with Crippen molar-refractivity contribution in [1.29, 1.82) is 0 Å². The zero-order valence-corrected chi connectivity index (χ0v) is 11.7. The molecule has 0 aliphatic carbocycles. The SMILES string of the molecule is CC1(C)NC(=O)N(CCSc2ccc(N)nc2)C1=O. The number of carbonyl (C=O) groups is 2. The molecule has 0 bridgehead atoms. The van der Waals surface area contributed by atoms with Crippen molar-refractivity contribution in [2.24, 2.45) is 0 Å². The average Bonchev–Trinajstić information content (AvgIpc) is 2.53. The summed E-state index contributed by atoms with van der Waals surface area (Å²) in [4.78, 5) is 29.8. The second kappa shape index (κ2) is 5.08. The van der Waals surface area contributed by atoms with E-state index in [4.69, 9.17) is 5.73 Å². The van der Waals surface area contributed by atoms with E-state index >= 15 is 0 Å². The monoisotopic (exact) mass is 280 g/mol. The summed E-state index contributed by atoms with van der Waals surface area (Å²) in [6.45, 7) is 3.78. The lowest BCUT2D eigenvalue weighted by atomic mass is 10.1. The minimum atomic E-state index is -0.801. The van der Waals surface area contributed by atoms with Crippen molar-refractivity contribution in [2.75, 3.05) is 18.0 Å². The minimum Gasteiger partial charge on any atom is -0.384 e. The molecule has 0 spiro atoms. The summed E-state index contributed by atoms with van der Waals surface area (Å²) in [5.74, 6) is 0.912. The average molecular weight is 280 g/mol. The van der Waals surface area contributed by atoms with Gasteiger partial charge in [0.2, 0.25) is 0 Å². The maximum Gasteiger partial charge on any atom is 0.325 e. The highest BCUT2D eigenvalue weighted by molar-refractivity contribution is 7.99. The quantitative estimate of drug-likeness (QED) is 0.636. The molecular weight excluding hydrogens is 264 g/mol. The van der Waals surface area contributed by atoms with Crippen LogP contribution in [0.5, 0.6) is 0 Å². The lowest BCUT2D eigenvalue weighted by Crippen LogP contribution is -2.40. The van der Waals surface area contributed by atoms with Crippen molar-refractivity contribution in [1.82, 2.24) is 15.2 Å². The van der Waals surface area contributed by atoms with Gasteiger partial charge in [-0.25, -0.2) is 9.78 Å². The third-order valence-electron chi connectivity index (χ3n) is 2.79. The molecule has 0 saturated carbocycles. The van der Waals surface area contributed by atoms with Gasteiger partial charge in [-0.3, -0.25) is 9.69 Å². The Balaban J connectivity index is 1.88. The molecule has 1 aromatic rings. The number of hydrogen-bond acceptors (Lipinski definition) is 5. The molecule has 0 aromatic carbocycles. The zero-order chi connectivity index (χ0) is 14.0. The van der Waals surface area contributed by atoms with Crippen LogP contribution in [0.2, 0.25) is 0 Å². The number of hydrogen-bond donors (Lipinski definition) is 2. The van der Waals surface area contributed by atoms with Crippen LogP contribution in [0.1, 0.15) is 13.8 Å². The molecule has 2 rings (SSSR count). The van der Waals surface area contributed by atoms with Gasteiger partial charge in [-0.05, 0) is 26.0 Å². The number of aromatic nitrogens is 1. The van der Waals surface area contributed by atoms with Gasteiger partial charge in [0.25, 0.3) is 5.91 Å². The maximum absolute atomic E-state index is 11.9. The fraction of sp³-hybridized carbons (Fsp3) is 0.417. The lowest BCUT2D eigenvalue weighted by molar-refractivity contribution is -0.130. The normalized spacial score (nSPS) is 17.7. The number of nitrogens with one attached hydrogen (secondary N) is 1.